The Kier molecular flexibility index (Phi) is 37.6. The first-order chi connectivity index (χ1) is 29.7. The van der Waals surface area contributed by atoms with Crippen LogP contribution in [-0.4, -0.2) is 88.4 Å². The Morgan fingerprint density at radius 3 is 1.28 bits per heavy atom. The van der Waals surface area contributed by atoms with E-state index in [1.54, 1.807) is 0 Å². The van der Waals surface area contributed by atoms with Gasteiger partial charge in [-0.15, -0.1) is 0 Å². The monoisotopic (exact) mass is 867 g/mol. The lowest BCUT2D eigenvalue weighted by molar-refractivity contribution is -0.298. The molecule has 0 aromatic heterocycles. The molecule has 0 aromatic carbocycles. The number of unbranched alkanes of at least 4 members (excludes halogenated alkanes) is 27. The first-order valence-corrected chi connectivity index (χ1v) is 24.9. The summed E-state index contributed by atoms with van der Waals surface area (Å²) in [7, 11) is 0. The topological polar surface area (TPSA) is 169 Å². The molecular weight excluding hydrogens is 777 g/mol. The summed E-state index contributed by atoms with van der Waals surface area (Å²) < 4.78 is 21.8. The van der Waals surface area contributed by atoms with Gasteiger partial charge in [0.15, 0.2) is 18.5 Å². The number of carboxylic acid groups (broad SMARTS) is 1. The average Bonchev–Trinajstić information content (AvgIpc) is 3.24. The van der Waals surface area contributed by atoms with Crippen molar-refractivity contribution in [1.82, 2.24) is 0 Å². The SMILES string of the molecule is CCCCCCCC/C=C\CCCCCCCCCCCC(=O)OCC(COC1OC(C(=O)O)C(O)C(O)C1O)OC(=O)CCCCCCC/C=C\CCCCCCCCC. The lowest BCUT2D eigenvalue weighted by Gasteiger charge is -2.38. The molecule has 11 heteroatoms. The van der Waals surface area contributed by atoms with Gasteiger partial charge in [-0.2, -0.15) is 0 Å². The molecule has 1 aliphatic heterocycles. The Morgan fingerprint density at radius 2 is 0.869 bits per heavy atom. The predicted molar refractivity (Wildman–Crippen MR) is 243 cm³/mol. The Hall–Kier alpha value is -2.31. The van der Waals surface area contributed by atoms with Gasteiger partial charge in [0, 0.05) is 12.8 Å². The van der Waals surface area contributed by atoms with Gasteiger partial charge in [0.1, 0.15) is 24.9 Å². The Labute approximate surface area is 370 Å². The Balaban J connectivity index is 2.32. The van der Waals surface area contributed by atoms with E-state index in [9.17, 15) is 34.8 Å². The first kappa shape index (κ1) is 56.7. The standard InChI is InChI=1S/C50H90O11/c1-3-5-7-9-11-13-15-17-19-21-22-23-25-26-28-30-32-34-36-38-43(51)58-40-42(41-59-50-47(55)45(53)46(54)48(61-50)49(56)57)60-44(52)39-37-35-33-31-29-27-24-20-18-16-14-12-10-8-6-4-2/h17,19-20,24,42,45-48,50,53-55H,3-16,18,21-23,25-41H2,1-2H3,(H,56,57)/b19-17-,24-20-. The zero-order valence-corrected chi connectivity index (χ0v) is 38.7. The normalized spacial score (nSPS) is 19.8. The molecule has 0 bridgehead atoms. The number of aliphatic hydroxyl groups is 3. The third-order valence-electron chi connectivity index (χ3n) is 11.5. The van der Waals surface area contributed by atoms with E-state index in [2.05, 4.69) is 38.2 Å². The summed E-state index contributed by atoms with van der Waals surface area (Å²) >= 11 is 0. The number of esters is 2. The number of hydrogen-bond acceptors (Lipinski definition) is 10. The summed E-state index contributed by atoms with van der Waals surface area (Å²) in [5, 5.41) is 39.9. The molecule has 0 spiro atoms. The number of ether oxygens (including phenoxy) is 4. The van der Waals surface area contributed by atoms with Crippen molar-refractivity contribution < 1.29 is 53.8 Å². The number of carboxylic acids is 1. The van der Waals surface area contributed by atoms with Crippen LogP contribution in [0, 0.1) is 0 Å². The van der Waals surface area contributed by atoms with Gasteiger partial charge in [0.25, 0.3) is 0 Å². The molecule has 6 atom stereocenters. The van der Waals surface area contributed by atoms with E-state index in [1.807, 2.05) is 0 Å². The van der Waals surface area contributed by atoms with E-state index < -0.39 is 61.3 Å². The molecule has 0 aromatic rings. The first-order valence-electron chi connectivity index (χ1n) is 24.9. The van der Waals surface area contributed by atoms with E-state index >= 15 is 0 Å². The highest BCUT2D eigenvalue weighted by Gasteiger charge is 2.47. The highest BCUT2D eigenvalue weighted by Crippen LogP contribution is 2.23. The number of carbonyl (C=O) groups is 3. The molecule has 11 nitrogen and oxygen atoms in total. The maximum Gasteiger partial charge on any atom is 0.335 e. The zero-order chi connectivity index (χ0) is 44.6. The van der Waals surface area contributed by atoms with Crippen LogP contribution in [0.1, 0.15) is 226 Å². The van der Waals surface area contributed by atoms with E-state index in [0.29, 0.717) is 12.8 Å². The Bertz CT molecular complexity index is 1110. The van der Waals surface area contributed by atoms with Crippen LogP contribution in [0.4, 0.5) is 0 Å². The largest absolute Gasteiger partial charge is 0.479 e. The summed E-state index contributed by atoms with van der Waals surface area (Å²) in [6, 6.07) is 0. The minimum absolute atomic E-state index is 0.175. The molecule has 61 heavy (non-hydrogen) atoms. The summed E-state index contributed by atoms with van der Waals surface area (Å²) in [6.45, 7) is 3.82. The van der Waals surface area contributed by atoms with E-state index in [0.717, 1.165) is 57.8 Å². The number of carbonyl (C=O) groups excluding carboxylic acids is 2. The minimum Gasteiger partial charge on any atom is -0.479 e. The van der Waals surface area contributed by atoms with Crippen LogP contribution in [0.25, 0.3) is 0 Å². The third-order valence-corrected chi connectivity index (χ3v) is 11.5. The highest BCUT2D eigenvalue weighted by molar-refractivity contribution is 5.73. The maximum atomic E-state index is 12.8. The lowest BCUT2D eigenvalue weighted by Crippen LogP contribution is -2.60. The quantitative estimate of drug-likeness (QED) is 0.0262. The predicted octanol–water partition coefficient (Wildman–Crippen LogP) is 11.4. The molecular formula is C50H90O11. The van der Waals surface area contributed by atoms with Gasteiger partial charge in [-0.05, 0) is 64.2 Å². The highest BCUT2D eigenvalue weighted by atomic mass is 16.7. The molecule has 0 radical (unpaired) electrons. The molecule has 1 saturated heterocycles. The van der Waals surface area contributed by atoms with Crippen molar-refractivity contribution in [3.8, 4) is 0 Å². The smallest absolute Gasteiger partial charge is 0.335 e. The second kappa shape index (κ2) is 40.5. The molecule has 4 N–H and O–H groups in total. The van der Waals surface area contributed by atoms with Crippen molar-refractivity contribution >= 4 is 17.9 Å². The molecule has 1 fully saturated rings. The van der Waals surface area contributed by atoms with Crippen molar-refractivity contribution in [2.45, 2.75) is 263 Å². The van der Waals surface area contributed by atoms with E-state index in [4.69, 9.17) is 18.9 Å². The minimum atomic E-state index is -1.86. The average molecular weight is 867 g/mol. The lowest BCUT2D eigenvalue weighted by atomic mass is 9.99. The van der Waals surface area contributed by atoms with Crippen LogP contribution in [0.2, 0.25) is 0 Å². The molecule has 1 rings (SSSR count). The maximum absolute atomic E-state index is 12.8. The fraction of sp³-hybridized carbons (Fsp3) is 0.860. The van der Waals surface area contributed by atoms with Crippen LogP contribution >= 0.6 is 0 Å². The fourth-order valence-electron chi connectivity index (χ4n) is 7.57. The van der Waals surface area contributed by atoms with Crippen molar-refractivity contribution in [3.05, 3.63) is 24.3 Å². The summed E-state index contributed by atoms with van der Waals surface area (Å²) in [5.41, 5.74) is 0. The van der Waals surface area contributed by atoms with Gasteiger partial charge in [0.2, 0.25) is 0 Å². The van der Waals surface area contributed by atoms with Crippen molar-refractivity contribution in [2.24, 2.45) is 0 Å². The summed E-state index contributed by atoms with van der Waals surface area (Å²) in [4.78, 5) is 36.9. The van der Waals surface area contributed by atoms with Crippen molar-refractivity contribution in [1.29, 1.82) is 0 Å². The van der Waals surface area contributed by atoms with Gasteiger partial charge in [-0.3, -0.25) is 9.59 Å². The summed E-state index contributed by atoms with van der Waals surface area (Å²) in [5.74, 6) is -2.45. The van der Waals surface area contributed by atoms with Gasteiger partial charge >= 0.3 is 17.9 Å². The number of allylic oxidation sites excluding steroid dienone is 4. The van der Waals surface area contributed by atoms with Crippen LogP contribution in [0.15, 0.2) is 24.3 Å². The van der Waals surface area contributed by atoms with E-state index in [-0.39, 0.29) is 19.4 Å². The zero-order valence-electron chi connectivity index (χ0n) is 38.7. The van der Waals surface area contributed by atoms with Gasteiger partial charge in [-0.25, -0.2) is 4.79 Å². The molecule has 1 aliphatic rings. The Morgan fingerprint density at radius 1 is 0.492 bits per heavy atom. The third kappa shape index (κ3) is 32.1. The van der Waals surface area contributed by atoms with Gasteiger partial charge in [0.05, 0.1) is 6.61 Å². The molecule has 0 amide bonds. The molecule has 1 heterocycles. The van der Waals surface area contributed by atoms with Crippen molar-refractivity contribution in [3.63, 3.8) is 0 Å². The second-order valence-electron chi connectivity index (χ2n) is 17.3. The molecule has 356 valence electrons. The molecule has 6 unspecified atom stereocenters. The van der Waals surface area contributed by atoms with Crippen LogP contribution in [0.5, 0.6) is 0 Å². The van der Waals surface area contributed by atoms with Crippen LogP contribution in [0.3, 0.4) is 0 Å². The van der Waals surface area contributed by atoms with E-state index in [1.165, 1.54) is 128 Å². The molecule has 0 saturated carbocycles. The fourth-order valence-corrected chi connectivity index (χ4v) is 7.57. The van der Waals surface area contributed by atoms with Crippen molar-refractivity contribution in [2.75, 3.05) is 13.2 Å². The van der Waals surface area contributed by atoms with Crippen LogP contribution in [-0.2, 0) is 33.3 Å². The summed E-state index contributed by atoms with van der Waals surface area (Å²) in [6.07, 6.45) is 36.5. The number of aliphatic carboxylic acids is 1. The number of hydrogen-bond donors (Lipinski definition) is 4. The second-order valence-corrected chi connectivity index (χ2v) is 17.3. The van der Waals surface area contributed by atoms with Gasteiger partial charge in [-0.1, -0.05) is 173 Å². The number of rotatable bonds is 42. The number of aliphatic hydroxyl groups excluding tert-OH is 3. The van der Waals surface area contributed by atoms with Gasteiger partial charge < -0.3 is 39.4 Å². The molecule has 0 aliphatic carbocycles. The van der Waals surface area contributed by atoms with Crippen LogP contribution < -0.4 is 0 Å².